The number of hydrogen-bond donors (Lipinski definition) is 4. The second kappa shape index (κ2) is 8.89. The number of rotatable bonds is 10. The third-order valence-corrected chi connectivity index (χ3v) is 3.64. The van der Waals surface area contributed by atoms with Gasteiger partial charge in [0.1, 0.15) is 12.3 Å². The number of hydrogen-bond acceptors (Lipinski definition) is 7. The third-order valence-electron chi connectivity index (χ3n) is 3.23. The average molecular weight is 333 g/mol. The summed E-state index contributed by atoms with van der Waals surface area (Å²) in [4.78, 5) is 44.5. The largest absolute Gasteiger partial charge is 0.481 e. The van der Waals surface area contributed by atoms with E-state index in [0.717, 1.165) is 0 Å². The smallest absolute Gasteiger partial charge is 0.303 e. The van der Waals surface area contributed by atoms with Gasteiger partial charge >= 0.3 is 5.97 Å². The third kappa shape index (κ3) is 5.76. The number of carboxylic acid groups (broad SMARTS) is 1. The van der Waals surface area contributed by atoms with Gasteiger partial charge in [-0.25, -0.2) is 5.43 Å². The monoisotopic (exact) mass is 333 g/mol. The summed E-state index contributed by atoms with van der Waals surface area (Å²) in [5, 5.41) is 21.8. The Hall–Kier alpha value is -1.41. The molecule has 0 aromatic heterocycles. The van der Waals surface area contributed by atoms with Crippen LogP contribution in [0.3, 0.4) is 0 Å². The van der Waals surface area contributed by atoms with Gasteiger partial charge in [-0.2, -0.15) is 0 Å². The van der Waals surface area contributed by atoms with Gasteiger partial charge in [0.15, 0.2) is 5.52 Å². The Morgan fingerprint density at radius 3 is 2.68 bits per heavy atom. The highest BCUT2D eigenvalue weighted by atomic mass is 31.0. The molecule has 0 aromatic carbocycles. The fraction of sp³-hybridized carbons (Fsp3) is 0.667. The van der Waals surface area contributed by atoms with E-state index in [1.165, 1.54) is 5.01 Å². The average Bonchev–Trinajstić information content (AvgIpc) is 2.80. The first kappa shape index (κ1) is 18.6. The van der Waals surface area contributed by atoms with Crippen LogP contribution in [0.25, 0.3) is 0 Å². The van der Waals surface area contributed by atoms with Crippen LogP contribution >= 0.6 is 9.24 Å². The fourth-order valence-electron chi connectivity index (χ4n) is 2.12. The molecule has 0 spiro atoms. The lowest BCUT2D eigenvalue weighted by molar-refractivity contribution is -0.137. The van der Waals surface area contributed by atoms with Crippen molar-refractivity contribution in [3.8, 4) is 0 Å². The highest BCUT2D eigenvalue weighted by Gasteiger charge is 2.33. The molecule has 0 radical (unpaired) electrons. The summed E-state index contributed by atoms with van der Waals surface area (Å²) in [5.41, 5.74) is 2.31. The van der Waals surface area contributed by atoms with Crippen molar-refractivity contribution >= 4 is 32.9 Å². The zero-order chi connectivity index (χ0) is 16.7. The molecule has 1 aliphatic rings. The van der Waals surface area contributed by atoms with Gasteiger partial charge in [-0.05, 0) is 6.42 Å². The number of carbonyl (C=O) groups is 4. The van der Waals surface area contributed by atoms with Gasteiger partial charge in [-0.3, -0.25) is 19.4 Å². The van der Waals surface area contributed by atoms with Crippen LogP contribution in [0.5, 0.6) is 0 Å². The van der Waals surface area contributed by atoms with E-state index in [-0.39, 0.29) is 43.3 Å². The quantitative estimate of drug-likeness (QED) is 0.263. The minimum Gasteiger partial charge on any atom is -0.481 e. The molecule has 4 atom stereocenters. The van der Waals surface area contributed by atoms with Gasteiger partial charge in [0.2, 0.25) is 5.91 Å². The van der Waals surface area contributed by atoms with E-state index in [9.17, 15) is 19.2 Å². The number of aliphatic hydroxyl groups is 1. The summed E-state index contributed by atoms with van der Waals surface area (Å²) in [6.07, 6.45) is 0.586. The molecule has 1 heterocycles. The summed E-state index contributed by atoms with van der Waals surface area (Å²) >= 11 is 0. The Kier molecular flexibility index (Phi) is 7.53. The van der Waals surface area contributed by atoms with Crippen LogP contribution in [-0.2, 0) is 19.2 Å². The van der Waals surface area contributed by atoms with E-state index >= 15 is 0 Å². The van der Waals surface area contributed by atoms with E-state index in [4.69, 9.17) is 10.2 Å². The van der Waals surface area contributed by atoms with Crippen molar-refractivity contribution in [1.29, 1.82) is 0 Å². The molecule has 0 saturated carbocycles. The number of carbonyl (C=O) groups excluding carboxylic acids is 3. The first-order valence-electron chi connectivity index (χ1n) is 6.77. The van der Waals surface area contributed by atoms with Crippen molar-refractivity contribution in [2.45, 2.75) is 37.4 Å². The molecule has 9 nitrogen and oxygen atoms in total. The van der Waals surface area contributed by atoms with Crippen molar-refractivity contribution in [2.75, 3.05) is 13.2 Å². The molecule has 10 heteroatoms. The highest BCUT2D eigenvalue weighted by Crippen LogP contribution is 2.13. The second-order valence-corrected chi connectivity index (χ2v) is 5.58. The molecule has 1 unspecified atom stereocenters. The number of carboxylic acids is 1. The van der Waals surface area contributed by atoms with Gasteiger partial charge in [0, 0.05) is 18.9 Å². The number of aliphatic carboxylic acids is 1. The maximum Gasteiger partial charge on any atom is 0.303 e. The normalized spacial score (nSPS) is 20.7. The van der Waals surface area contributed by atoms with Crippen molar-refractivity contribution in [2.24, 2.45) is 0 Å². The second-order valence-electron chi connectivity index (χ2n) is 5.01. The van der Waals surface area contributed by atoms with E-state index in [1.54, 1.807) is 0 Å². The van der Waals surface area contributed by atoms with Gasteiger partial charge < -0.3 is 20.3 Å². The number of nitrogens with zero attached hydrogens (tertiary/aromatic N) is 1. The minimum absolute atomic E-state index is 0.117. The number of aldehydes is 1. The molecule has 124 valence electrons. The molecule has 1 amide bonds. The standard InChI is InChI=1S/C12H20N3O6P/c16-5-8(6-17)14-15-4-7(3-10(15)18)13-9(12(21)22)1-2-11(19)20/h5,7-9,13-14,17H,1-4,6,22H2,(H,19,20)/t7-,8+,9-/m0/s1. The van der Waals surface area contributed by atoms with Crippen molar-refractivity contribution < 1.29 is 29.4 Å². The first-order valence-corrected chi connectivity index (χ1v) is 7.35. The summed E-state index contributed by atoms with van der Waals surface area (Å²) in [6, 6.07) is -1.87. The highest BCUT2D eigenvalue weighted by molar-refractivity contribution is 7.40. The Morgan fingerprint density at radius 2 is 2.18 bits per heavy atom. The molecular weight excluding hydrogens is 313 g/mol. The SMILES string of the molecule is O=C[C@H](CO)NN1C[C@@H](N[C@@H](CCC(=O)O)C(=O)P)CC1=O. The molecule has 4 N–H and O–H groups in total. The predicted molar refractivity (Wildman–Crippen MR) is 78.7 cm³/mol. The van der Waals surface area contributed by atoms with Crippen LogP contribution in [-0.4, -0.2) is 70.2 Å². The Labute approximate surface area is 129 Å². The van der Waals surface area contributed by atoms with Crippen LogP contribution in [0.4, 0.5) is 0 Å². The zero-order valence-electron chi connectivity index (χ0n) is 11.9. The molecule has 0 aliphatic carbocycles. The molecule has 1 rings (SSSR count). The van der Waals surface area contributed by atoms with Crippen molar-refractivity contribution in [3.05, 3.63) is 0 Å². The topological polar surface area (TPSA) is 136 Å². The number of hydrazine groups is 1. The first-order chi connectivity index (χ1) is 10.4. The van der Waals surface area contributed by atoms with E-state index < -0.39 is 24.7 Å². The van der Waals surface area contributed by atoms with E-state index in [0.29, 0.717) is 6.29 Å². The van der Waals surface area contributed by atoms with Crippen molar-refractivity contribution in [1.82, 2.24) is 15.8 Å². The molecule has 0 bridgehead atoms. The van der Waals surface area contributed by atoms with Crippen LogP contribution in [0.2, 0.25) is 0 Å². The minimum atomic E-state index is -0.999. The molecule has 1 aliphatic heterocycles. The van der Waals surface area contributed by atoms with Gasteiger partial charge in [0.05, 0.1) is 19.2 Å². The Bertz CT molecular complexity index is 447. The van der Waals surface area contributed by atoms with Crippen LogP contribution in [0.15, 0.2) is 0 Å². The van der Waals surface area contributed by atoms with Crippen molar-refractivity contribution in [3.63, 3.8) is 0 Å². The van der Waals surface area contributed by atoms with Gasteiger partial charge in [-0.15, -0.1) is 0 Å². The lowest BCUT2D eigenvalue weighted by Gasteiger charge is -2.23. The van der Waals surface area contributed by atoms with Crippen LogP contribution in [0, 0.1) is 0 Å². The fourth-order valence-corrected chi connectivity index (χ4v) is 2.38. The zero-order valence-corrected chi connectivity index (χ0v) is 13.1. The number of amides is 1. The molecular formula is C12H20N3O6P. The molecule has 0 aromatic rings. The molecule has 22 heavy (non-hydrogen) atoms. The lowest BCUT2D eigenvalue weighted by Crippen LogP contribution is -2.50. The van der Waals surface area contributed by atoms with Crippen LogP contribution in [0.1, 0.15) is 19.3 Å². The van der Waals surface area contributed by atoms with Gasteiger partial charge in [-0.1, -0.05) is 9.24 Å². The summed E-state index contributed by atoms with van der Waals surface area (Å²) < 4.78 is 0. The number of nitrogens with one attached hydrogen (secondary N) is 2. The molecule has 1 fully saturated rings. The maximum atomic E-state index is 11.8. The van der Waals surface area contributed by atoms with Crippen LogP contribution < -0.4 is 10.7 Å². The Morgan fingerprint density at radius 1 is 1.50 bits per heavy atom. The number of aliphatic hydroxyl groups excluding tert-OH is 1. The van der Waals surface area contributed by atoms with E-state index in [2.05, 4.69) is 10.7 Å². The predicted octanol–water partition coefficient (Wildman–Crippen LogP) is -2.12. The van der Waals surface area contributed by atoms with Gasteiger partial charge in [0.25, 0.3) is 0 Å². The summed E-state index contributed by atoms with van der Waals surface area (Å²) in [6.45, 7) is -0.221. The summed E-state index contributed by atoms with van der Waals surface area (Å²) in [7, 11) is 2.00. The Balaban J connectivity index is 2.55. The lowest BCUT2D eigenvalue weighted by atomic mass is 10.1. The maximum absolute atomic E-state index is 11.8. The van der Waals surface area contributed by atoms with E-state index in [1.807, 2.05) is 9.24 Å². The summed E-state index contributed by atoms with van der Waals surface area (Å²) in [5.74, 6) is -1.27. The molecule has 1 saturated heterocycles.